The first-order valence-corrected chi connectivity index (χ1v) is 47.4. The number of rotatable bonds is 18. The van der Waals surface area contributed by atoms with Crippen LogP contribution in [-0.2, 0) is 14.3 Å². The second-order valence-electron chi connectivity index (χ2n) is 35.3. The number of likely N-dealkylation sites (tertiary alicyclic amines) is 4. The molecule has 0 saturated carbocycles. The average Bonchev–Trinajstić information content (AvgIpc) is 0.959. The fourth-order valence-electron chi connectivity index (χ4n) is 18.1. The summed E-state index contributed by atoms with van der Waals surface area (Å²) in [5.41, 5.74) is 39.6. The van der Waals surface area contributed by atoms with Gasteiger partial charge < -0.3 is 79.2 Å². The summed E-state index contributed by atoms with van der Waals surface area (Å²) >= 11 is 0. The summed E-state index contributed by atoms with van der Waals surface area (Å²) < 4.78 is 5.45. The number of pyridine rings is 5. The number of hydrogen-bond acceptors (Lipinski definition) is 22. The van der Waals surface area contributed by atoms with E-state index < -0.39 is 6.03 Å². The zero-order valence-corrected chi connectivity index (χ0v) is 78.9. The van der Waals surface area contributed by atoms with Gasteiger partial charge in [-0.15, -0.1) is 0 Å². The summed E-state index contributed by atoms with van der Waals surface area (Å²) in [6.07, 6.45) is 25.7. The molecule has 10 aromatic carbocycles. The van der Waals surface area contributed by atoms with Crippen LogP contribution in [0.1, 0.15) is 86.1 Å². The summed E-state index contributed by atoms with van der Waals surface area (Å²) in [7, 11) is 0. The normalized spacial score (nSPS) is 14.9. The molecule has 14 N–H and O–H groups in total. The maximum Gasteiger partial charge on any atom is 0.314 e. The Morgan fingerprint density at radius 1 is 0.401 bits per heavy atom. The minimum atomic E-state index is -0.515. The third-order valence-electron chi connectivity index (χ3n) is 25.7. The lowest BCUT2D eigenvalue weighted by atomic mass is 9.96. The van der Waals surface area contributed by atoms with Gasteiger partial charge in [0.2, 0.25) is 11.8 Å². The lowest BCUT2D eigenvalue weighted by Gasteiger charge is -2.36. The number of piperidine rings is 2. The standard InChI is InChI=1S/C26H27N5O2.C23H23N5O.C22H20N4O.C20H19N5O.C16H11N3.C5H10N2O/c27-15-18-2-1-3-19(12-18)21-13-20-4-7-28-16-23(20)24(14-21)30-22-5-9-31(10-6-22)26(32)25-17-33-11-8-29-25;24-13-17-2-1-3-18(10-17)20-11-19-4-7-26-15-21(19)22(12-20)27-14-16-5-8-28(9-6-16)23(25)29;1-15(27)26-8-6-20(14-26)25-22-11-19(10-18-5-7-24-13-21(18)22)17-4-2-3-16(9-17)12-23;21-12-14-3-1-4-15(9-14)17-10-16-5-8-23-13-18(16)19(11-17)24-6-2-7-25-20(22)26;17-9-11-2-1-3-12(6-11)14-7-13-4-5-19-10-15(13)16(18)8-14;6-5(8)7-3-1-2-4-7/h1-4,7,12-14,16,22,25,29-30H,5-6,8-11,17H2;1-4,7,10-12,15-16,27H,5-6,8-9,14H2,(H2,25,29);2-5,7,9-11,13,20,25H,6,8,14H2,1H3;1,3-5,8-11,13,24H,2,6-7H2,(H3,22,25,26);1-8,10H,18H2;1-4H2,(H2,6,8)/t;;20-;;;/m..0.../s1. The number of primary amides is 3. The molecule has 714 valence electrons. The van der Waals surface area contributed by atoms with Gasteiger partial charge in [0.1, 0.15) is 6.04 Å². The van der Waals surface area contributed by atoms with E-state index in [1.165, 1.54) is 0 Å². The number of nitriles is 5. The molecule has 20 rings (SSSR count). The van der Waals surface area contributed by atoms with Gasteiger partial charge in [-0.25, -0.2) is 14.4 Å². The van der Waals surface area contributed by atoms with Crippen LogP contribution >= 0.6 is 0 Å². The Morgan fingerprint density at radius 3 is 1.14 bits per heavy atom. The van der Waals surface area contributed by atoms with Crippen molar-refractivity contribution >= 4 is 112 Å². The Kier molecular flexibility index (Phi) is 33.7. The highest BCUT2D eigenvalue weighted by Crippen LogP contribution is 2.39. The van der Waals surface area contributed by atoms with E-state index in [2.05, 4.69) is 142 Å². The number of benzene rings is 10. The number of aromatic nitrogens is 5. The molecule has 5 saturated heterocycles. The van der Waals surface area contributed by atoms with Crippen molar-refractivity contribution in [3.63, 3.8) is 0 Å². The van der Waals surface area contributed by atoms with Gasteiger partial charge in [0.05, 0.1) is 71.4 Å². The first-order chi connectivity index (χ1) is 69.2. The number of carbonyl (C=O) groups is 5. The van der Waals surface area contributed by atoms with Gasteiger partial charge in [0, 0.05) is 215 Å². The smallest absolute Gasteiger partial charge is 0.314 e. The van der Waals surface area contributed by atoms with Crippen LogP contribution < -0.4 is 54.8 Å². The quantitative estimate of drug-likeness (QED) is 0.0282. The Morgan fingerprint density at radius 2 is 0.761 bits per heavy atom. The number of nitrogen functional groups attached to an aromatic ring is 1. The highest BCUT2D eigenvalue weighted by molar-refractivity contribution is 6.02. The molecule has 2 atom stereocenters. The van der Waals surface area contributed by atoms with E-state index in [4.69, 9.17) is 38.2 Å². The van der Waals surface area contributed by atoms with Crippen LogP contribution in [0.2, 0.25) is 0 Å². The molecule has 30 nitrogen and oxygen atoms in total. The summed E-state index contributed by atoms with van der Waals surface area (Å²) in [6, 6.07) is 78.9. The molecule has 5 aliphatic rings. The van der Waals surface area contributed by atoms with Gasteiger partial charge in [0.15, 0.2) is 0 Å². The fourth-order valence-corrected chi connectivity index (χ4v) is 18.1. The number of ether oxygens (including phenoxy) is 1. The van der Waals surface area contributed by atoms with Crippen LogP contribution in [0.25, 0.3) is 109 Å². The molecule has 0 bridgehead atoms. The van der Waals surface area contributed by atoms with Crippen molar-refractivity contribution in [1.29, 1.82) is 26.3 Å². The molecule has 1 unspecified atom stereocenters. The molecule has 5 aliphatic heterocycles. The number of urea groups is 3. The van der Waals surface area contributed by atoms with Crippen LogP contribution in [0.4, 0.5) is 42.8 Å². The van der Waals surface area contributed by atoms with Crippen LogP contribution in [0.15, 0.2) is 274 Å². The van der Waals surface area contributed by atoms with Crippen molar-refractivity contribution in [1.82, 2.24) is 55.2 Å². The highest BCUT2D eigenvalue weighted by Gasteiger charge is 2.31. The molecule has 15 aromatic rings. The monoisotopic (exact) mass is 1890 g/mol. The van der Waals surface area contributed by atoms with Crippen molar-refractivity contribution in [2.75, 3.05) is 119 Å². The largest absolute Gasteiger partial charge is 0.398 e. The third-order valence-corrected chi connectivity index (χ3v) is 25.7. The van der Waals surface area contributed by atoms with Gasteiger partial charge in [-0.2, -0.15) is 26.3 Å². The summed E-state index contributed by atoms with van der Waals surface area (Å²) in [5, 5.41) is 76.5. The predicted octanol–water partition coefficient (Wildman–Crippen LogP) is 17.7. The van der Waals surface area contributed by atoms with Crippen molar-refractivity contribution in [3.05, 3.63) is 302 Å². The van der Waals surface area contributed by atoms with Crippen molar-refractivity contribution < 1.29 is 28.7 Å². The molecule has 0 spiro atoms. The average molecular weight is 1890 g/mol. The first-order valence-electron chi connectivity index (χ1n) is 47.4. The number of nitrogens with two attached hydrogens (primary N) is 4. The van der Waals surface area contributed by atoms with E-state index in [0.717, 1.165) is 229 Å². The van der Waals surface area contributed by atoms with Crippen molar-refractivity contribution in [3.8, 4) is 86.0 Å². The number of fused-ring (bicyclic) bond motifs is 5. The molecule has 30 heteroatoms. The van der Waals surface area contributed by atoms with Crippen LogP contribution in [0.5, 0.6) is 0 Å². The van der Waals surface area contributed by atoms with Crippen LogP contribution in [0, 0.1) is 62.6 Å². The SMILES string of the molecule is CC(=O)N1CC[C@H](Nc2cc(-c3cccc(C#N)c3)cc3ccncc23)C1.N#Cc1cccc(-c2cc(N)c3cnccc3c2)c1.N#Cc1cccc(-c2cc(NC3CCN(C(=O)C4COCCN4)CC3)c3cnccc3c2)c1.N#Cc1cccc(-c2cc(NCC3CCN(C(N)=O)CC3)c3cnccc3c2)c1.N#Cc1cccc(-c2cc(NCCCNC(N)=O)c3cnccc3c2)c1.NC(=O)N1CCCC1. The molecule has 0 radical (unpaired) electrons. The van der Waals surface area contributed by atoms with E-state index in [1.807, 2.05) is 180 Å². The number of nitrogens with zero attached hydrogens (tertiary/aromatic N) is 14. The number of morpholine rings is 1. The Labute approximate surface area is 824 Å². The lowest BCUT2D eigenvalue weighted by molar-refractivity contribution is -0.137. The number of anilines is 5. The molecule has 0 aliphatic carbocycles. The van der Waals surface area contributed by atoms with Crippen molar-refractivity contribution in [2.24, 2.45) is 23.1 Å². The van der Waals surface area contributed by atoms with E-state index in [9.17, 15) is 39.8 Å². The second kappa shape index (κ2) is 48.4. The lowest BCUT2D eigenvalue weighted by Crippen LogP contribution is -2.54. The molecule has 10 heterocycles. The van der Waals surface area contributed by atoms with Gasteiger partial charge in [-0.1, -0.05) is 60.7 Å². The summed E-state index contributed by atoms with van der Waals surface area (Å²) in [6.45, 7) is 11.6. The summed E-state index contributed by atoms with van der Waals surface area (Å²) in [4.78, 5) is 85.2. The first kappa shape index (κ1) is 98.9. The summed E-state index contributed by atoms with van der Waals surface area (Å²) in [5.74, 6) is 0.748. The predicted molar refractivity (Wildman–Crippen MR) is 557 cm³/mol. The van der Waals surface area contributed by atoms with Crippen LogP contribution in [-0.4, -0.2) is 184 Å². The van der Waals surface area contributed by atoms with Gasteiger partial charge in [-0.05, 0) is 292 Å². The van der Waals surface area contributed by atoms with Crippen molar-refractivity contribution in [2.45, 2.75) is 76.4 Å². The van der Waals surface area contributed by atoms with E-state index in [0.29, 0.717) is 85.4 Å². The molecule has 5 fully saturated rings. The highest BCUT2D eigenvalue weighted by atomic mass is 16.5. The Hall–Kier alpha value is -17.6. The van der Waals surface area contributed by atoms with Crippen LogP contribution in [0.3, 0.4) is 0 Å². The topological polar surface area (TPSA) is 467 Å². The maximum atomic E-state index is 12.8. The second-order valence-corrected chi connectivity index (χ2v) is 35.3. The third kappa shape index (κ3) is 26.2. The maximum absolute atomic E-state index is 12.8. The molecule has 8 amide bonds. The fraction of sp³-hybridized carbons (Fsp3) is 0.241. The minimum Gasteiger partial charge on any atom is -0.398 e. The molecular formula is C112H110N24O6. The number of amides is 8. The Bertz CT molecular complexity index is 7300. The number of nitrogens with one attached hydrogen (secondary N) is 6. The number of carbonyl (C=O) groups excluding carboxylic acids is 5. The molecular weight excluding hydrogens is 1780 g/mol. The van der Waals surface area contributed by atoms with Gasteiger partial charge in [-0.3, -0.25) is 34.5 Å². The zero-order valence-electron chi connectivity index (χ0n) is 78.9. The Balaban J connectivity index is 0.000000132. The number of hydrogen-bond donors (Lipinski definition) is 10. The van der Waals surface area contributed by atoms with E-state index >= 15 is 0 Å². The van der Waals surface area contributed by atoms with Gasteiger partial charge >= 0.3 is 18.1 Å². The van der Waals surface area contributed by atoms with E-state index in [-0.39, 0.29) is 42.0 Å². The zero-order chi connectivity index (χ0) is 99.2. The molecule has 142 heavy (non-hydrogen) atoms. The minimum absolute atomic E-state index is 0.118. The van der Waals surface area contributed by atoms with Gasteiger partial charge in [0.25, 0.3) is 0 Å². The molecule has 5 aromatic heterocycles. The van der Waals surface area contributed by atoms with E-state index in [1.54, 1.807) is 66.0 Å².